The van der Waals surface area contributed by atoms with Gasteiger partial charge in [0.1, 0.15) is 11.1 Å². The number of halogens is 1. The van der Waals surface area contributed by atoms with E-state index in [-0.39, 0.29) is 16.9 Å². The minimum absolute atomic E-state index is 0.0786. The molecule has 0 saturated carbocycles. The minimum atomic E-state index is -0.374. The van der Waals surface area contributed by atoms with Crippen molar-refractivity contribution < 1.29 is 10.0 Å². The molecule has 0 bridgehead atoms. The van der Waals surface area contributed by atoms with E-state index < -0.39 is 0 Å². The summed E-state index contributed by atoms with van der Waals surface area (Å²) in [6.45, 7) is 8.13. The summed E-state index contributed by atoms with van der Waals surface area (Å²) in [5.74, 6) is 0.0786. The third-order valence-electron chi connectivity index (χ3n) is 3.90. The third-order valence-corrected chi connectivity index (χ3v) is 4.41. The van der Waals surface area contributed by atoms with Crippen LogP contribution in [-0.4, -0.2) is 21.4 Å². The number of carbonyl (C=O) groups is 1. The molecule has 3 nitrogen and oxygen atoms in total. The molecule has 1 heterocycles. The van der Waals surface area contributed by atoms with E-state index in [1.165, 1.54) is 0 Å². The molecule has 1 aliphatic rings. The van der Waals surface area contributed by atoms with Crippen molar-refractivity contribution in [3.8, 4) is 0 Å². The summed E-state index contributed by atoms with van der Waals surface area (Å²) in [5, 5.41) is 10.2. The van der Waals surface area contributed by atoms with Crippen molar-refractivity contribution in [3.63, 3.8) is 0 Å². The van der Waals surface area contributed by atoms with E-state index in [4.69, 9.17) is 5.21 Å². The Bertz CT molecular complexity index is 509. The number of benzene rings is 1. The Hall–Kier alpha value is -0.710. The summed E-state index contributed by atoms with van der Waals surface area (Å²) in [5.41, 5.74) is 2.23. The van der Waals surface area contributed by atoms with Gasteiger partial charge in [0, 0.05) is 5.56 Å². The molecule has 1 aliphatic heterocycles. The molecular weight excluding hydrogens is 294 g/mol. The number of carbonyl (C=O) groups excluding carboxylic acids is 1. The van der Waals surface area contributed by atoms with Crippen molar-refractivity contribution >= 4 is 21.7 Å². The molecule has 0 saturated heterocycles. The number of hydroxylamine groups is 2. The van der Waals surface area contributed by atoms with Gasteiger partial charge in [0.25, 0.3) is 0 Å². The first-order valence-electron chi connectivity index (χ1n) is 5.98. The van der Waals surface area contributed by atoms with Gasteiger partial charge in [0.15, 0.2) is 5.78 Å². The van der Waals surface area contributed by atoms with E-state index >= 15 is 0 Å². The highest BCUT2D eigenvalue weighted by Crippen LogP contribution is 2.48. The molecule has 1 aromatic rings. The smallest absolute Gasteiger partial charge is 0.173 e. The van der Waals surface area contributed by atoms with Gasteiger partial charge in [-0.25, -0.2) is 0 Å². The second kappa shape index (κ2) is 4.15. The largest absolute Gasteiger partial charge is 0.337 e. The maximum atomic E-state index is 11.8. The Morgan fingerprint density at radius 3 is 2.33 bits per heavy atom. The van der Waals surface area contributed by atoms with Gasteiger partial charge < -0.3 is 5.21 Å². The summed E-state index contributed by atoms with van der Waals surface area (Å²) >= 11 is 3.20. The molecule has 18 heavy (non-hydrogen) atoms. The molecule has 0 unspecified atom stereocenters. The molecule has 0 atom stereocenters. The number of Topliss-reactive ketones (excluding diaryl/α,β-unsaturated/α-hetero) is 1. The van der Waals surface area contributed by atoms with Crippen LogP contribution in [0.2, 0.25) is 0 Å². The summed E-state index contributed by atoms with van der Waals surface area (Å²) in [7, 11) is 0. The lowest BCUT2D eigenvalue weighted by Crippen LogP contribution is -2.42. The minimum Gasteiger partial charge on any atom is -0.337 e. The Balaban J connectivity index is 2.62. The van der Waals surface area contributed by atoms with Gasteiger partial charge in [-0.3, -0.25) is 4.79 Å². The number of alkyl halides is 1. The first kappa shape index (κ1) is 13.7. The first-order chi connectivity index (χ1) is 8.22. The second-order valence-electron chi connectivity index (χ2n) is 5.77. The molecule has 0 radical (unpaired) electrons. The van der Waals surface area contributed by atoms with Crippen LogP contribution in [0.25, 0.3) is 0 Å². The van der Waals surface area contributed by atoms with Crippen LogP contribution < -0.4 is 0 Å². The standard InChI is InChI=1S/C14H18BrNO2/c1-13(2)10-6-5-9(12(17)8-15)7-11(10)14(3,4)16(13)18/h5-7,18H,8H2,1-4H3/p+1. The fourth-order valence-electron chi connectivity index (χ4n) is 2.77. The van der Waals surface area contributed by atoms with Gasteiger partial charge in [-0.2, -0.15) is 0 Å². The fraction of sp³-hybridized carbons (Fsp3) is 0.500. The zero-order valence-corrected chi connectivity index (χ0v) is 12.8. The van der Waals surface area contributed by atoms with Gasteiger partial charge in [-0.05, 0) is 44.9 Å². The Morgan fingerprint density at radius 1 is 1.22 bits per heavy atom. The SMILES string of the molecule is CC1(C)c2ccc(C(=O)CBr)cc2C(C)(C)N1[OH2+]. The highest BCUT2D eigenvalue weighted by Gasteiger charge is 2.52. The van der Waals surface area contributed by atoms with Crippen LogP contribution in [0.4, 0.5) is 0 Å². The first-order valence-corrected chi connectivity index (χ1v) is 7.11. The quantitative estimate of drug-likeness (QED) is 0.479. The number of hydrogen-bond donors (Lipinski definition) is 0. The monoisotopic (exact) mass is 312 g/mol. The molecule has 0 fully saturated rings. The fourth-order valence-corrected chi connectivity index (χ4v) is 3.10. The van der Waals surface area contributed by atoms with Crippen LogP contribution in [0.5, 0.6) is 0 Å². The third kappa shape index (κ3) is 1.75. The Morgan fingerprint density at radius 2 is 1.78 bits per heavy atom. The maximum Gasteiger partial charge on any atom is 0.173 e. The predicted molar refractivity (Wildman–Crippen MR) is 76.1 cm³/mol. The number of ketones is 1. The van der Waals surface area contributed by atoms with Crippen LogP contribution >= 0.6 is 15.9 Å². The Kier molecular flexibility index (Phi) is 3.16. The van der Waals surface area contributed by atoms with Crippen molar-refractivity contribution in [2.24, 2.45) is 0 Å². The lowest BCUT2D eigenvalue weighted by atomic mass is 9.89. The molecular formula is C14H19BrNO2+. The van der Waals surface area contributed by atoms with Gasteiger partial charge in [0.05, 0.1) is 5.33 Å². The molecule has 0 spiro atoms. The number of nitrogens with zero attached hydrogens (tertiary/aromatic N) is 1. The normalized spacial score (nSPS) is 20.8. The molecule has 0 aliphatic carbocycles. The van der Waals surface area contributed by atoms with Crippen LogP contribution in [0, 0.1) is 0 Å². The van der Waals surface area contributed by atoms with Crippen LogP contribution in [0.3, 0.4) is 0 Å². The highest BCUT2D eigenvalue weighted by molar-refractivity contribution is 9.09. The van der Waals surface area contributed by atoms with Crippen molar-refractivity contribution in [2.45, 2.75) is 38.8 Å². The topological polar surface area (TPSA) is 43.2 Å². The highest BCUT2D eigenvalue weighted by atomic mass is 79.9. The lowest BCUT2D eigenvalue weighted by molar-refractivity contribution is -0.216. The number of hydrogen-bond acceptors (Lipinski definition) is 2. The summed E-state index contributed by atoms with van der Waals surface area (Å²) in [6.07, 6.45) is 0. The predicted octanol–water partition coefficient (Wildman–Crippen LogP) is 2.69. The van der Waals surface area contributed by atoms with Gasteiger partial charge in [-0.15, -0.1) is 0 Å². The number of rotatable bonds is 2. The molecule has 4 heteroatoms. The summed E-state index contributed by atoms with van der Waals surface area (Å²) < 4.78 is 0. The van der Waals surface area contributed by atoms with Crippen molar-refractivity contribution in [3.05, 3.63) is 34.9 Å². The van der Waals surface area contributed by atoms with Gasteiger partial charge in [-0.1, -0.05) is 33.1 Å². The lowest BCUT2D eigenvalue weighted by Gasteiger charge is -2.29. The average Bonchev–Trinajstić information content (AvgIpc) is 2.47. The van der Waals surface area contributed by atoms with Gasteiger partial charge in [0.2, 0.25) is 0 Å². The number of fused-ring (bicyclic) bond motifs is 1. The van der Waals surface area contributed by atoms with Gasteiger partial charge >= 0.3 is 0 Å². The van der Waals surface area contributed by atoms with Crippen molar-refractivity contribution in [1.29, 1.82) is 0 Å². The van der Waals surface area contributed by atoms with E-state index in [9.17, 15) is 4.79 Å². The van der Waals surface area contributed by atoms with E-state index in [2.05, 4.69) is 15.9 Å². The molecule has 0 amide bonds. The maximum absolute atomic E-state index is 11.8. The molecule has 1 aromatic carbocycles. The van der Waals surface area contributed by atoms with Crippen LogP contribution in [0.1, 0.15) is 49.2 Å². The van der Waals surface area contributed by atoms with E-state index in [1.54, 1.807) is 5.06 Å². The van der Waals surface area contributed by atoms with Crippen molar-refractivity contribution in [2.75, 3.05) is 5.33 Å². The summed E-state index contributed by atoms with van der Waals surface area (Å²) in [4.78, 5) is 11.8. The van der Waals surface area contributed by atoms with Crippen molar-refractivity contribution in [1.82, 2.24) is 5.06 Å². The summed E-state index contributed by atoms with van der Waals surface area (Å²) in [6, 6.07) is 5.79. The average molecular weight is 313 g/mol. The zero-order valence-electron chi connectivity index (χ0n) is 11.2. The van der Waals surface area contributed by atoms with Crippen LogP contribution in [-0.2, 0) is 11.1 Å². The molecule has 0 aromatic heterocycles. The van der Waals surface area contributed by atoms with E-state index in [0.717, 1.165) is 11.1 Å². The Labute approximate surface area is 116 Å². The van der Waals surface area contributed by atoms with Crippen LogP contribution in [0.15, 0.2) is 18.2 Å². The second-order valence-corrected chi connectivity index (χ2v) is 6.33. The molecule has 2 rings (SSSR count). The van der Waals surface area contributed by atoms with E-state index in [0.29, 0.717) is 10.9 Å². The molecule has 98 valence electrons. The van der Waals surface area contributed by atoms with E-state index in [1.807, 2.05) is 45.9 Å². The zero-order chi connectivity index (χ0) is 13.7. The molecule has 2 N–H and O–H groups in total.